The van der Waals surface area contributed by atoms with Gasteiger partial charge >= 0.3 is 0 Å². The predicted molar refractivity (Wildman–Crippen MR) is 129 cm³/mol. The summed E-state index contributed by atoms with van der Waals surface area (Å²) in [6.07, 6.45) is 0.522. The molecule has 0 atom stereocenters. The highest BCUT2D eigenvalue weighted by atomic mass is 32.2. The van der Waals surface area contributed by atoms with Crippen LogP contribution in [0, 0.1) is 5.82 Å². The first-order valence-corrected chi connectivity index (χ1v) is 14.2. The van der Waals surface area contributed by atoms with Crippen molar-refractivity contribution in [3.05, 3.63) is 77.7 Å². The molecule has 0 aliphatic heterocycles. The largest absolute Gasteiger partial charge is 0.304 e. The highest BCUT2D eigenvalue weighted by Gasteiger charge is 2.37. The van der Waals surface area contributed by atoms with Crippen molar-refractivity contribution in [1.82, 2.24) is 4.40 Å². The quantitative estimate of drug-likeness (QED) is 0.323. The number of benzene rings is 2. The van der Waals surface area contributed by atoms with E-state index in [1.807, 2.05) is 0 Å². The van der Waals surface area contributed by atoms with Crippen LogP contribution in [0.5, 0.6) is 0 Å². The normalized spacial score (nSPS) is 12.4. The molecule has 0 fully saturated rings. The second-order valence-corrected chi connectivity index (χ2v) is 12.2. The number of rotatable bonds is 8. The first kappa shape index (κ1) is 24.1. The van der Waals surface area contributed by atoms with E-state index in [9.17, 15) is 26.0 Å². The molecule has 0 spiro atoms. The molecule has 0 saturated carbocycles. The zero-order chi connectivity index (χ0) is 24.7. The summed E-state index contributed by atoms with van der Waals surface area (Å²) in [5, 5.41) is 0.706. The SMILES string of the molecule is CCCS(=O)(=O)c1c(S(=O)(=O)CCC)c2ccc3ccccc3n2c1C(=O)c1ccc(F)cc1. The van der Waals surface area contributed by atoms with Crippen LogP contribution in [0.2, 0.25) is 0 Å². The Morgan fingerprint density at radius 3 is 1.97 bits per heavy atom. The number of sulfone groups is 2. The van der Waals surface area contributed by atoms with Crippen LogP contribution < -0.4 is 0 Å². The summed E-state index contributed by atoms with van der Waals surface area (Å²) in [4.78, 5) is 13.0. The highest BCUT2D eigenvalue weighted by molar-refractivity contribution is 7.94. The van der Waals surface area contributed by atoms with Gasteiger partial charge in [0.15, 0.2) is 19.7 Å². The summed E-state index contributed by atoms with van der Waals surface area (Å²) in [7, 11) is -8.21. The van der Waals surface area contributed by atoms with Crippen LogP contribution in [-0.2, 0) is 19.7 Å². The number of para-hydroxylation sites is 1. The van der Waals surface area contributed by atoms with Crippen molar-refractivity contribution in [2.24, 2.45) is 0 Å². The first-order valence-electron chi connectivity index (χ1n) is 10.9. The molecule has 2 aromatic carbocycles. The lowest BCUT2D eigenvalue weighted by Gasteiger charge is -2.10. The van der Waals surface area contributed by atoms with Crippen molar-refractivity contribution >= 4 is 41.9 Å². The number of carbonyl (C=O) groups is 1. The minimum atomic E-state index is -4.16. The second-order valence-electron chi connectivity index (χ2n) is 8.09. The van der Waals surface area contributed by atoms with Crippen molar-refractivity contribution in [3.63, 3.8) is 0 Å². The fraction of sp³-hybridized carbons (Fsp3) is 0.240. The third-order valence-corrected chi connectivity index (χ3v) is 9.68. The predicted octanol–water partition coefficient (Wildman–Crippen LogP) is 4.83. The van der Waals surface area contributed by atoms with Gasteiger partial charge in [0.25, 0.3) is 0 Å². The van der Waals surface area contributed by atoms with Crippen LogP contribution in [0.4, 0.5) is 4.39 Å². The lowest BCUT2D eigenvalue weighted by atomic mass is 10.1. The fourth-order valence-electron chi connectivity index (χ4n) is 4.22. The molecule has 0 aliphatic rings. The summed E-state index contributed by atoms with van der Waals surface area (Å²) in [6, 6.07) is 15.0. The number of halogens is 1. The first-order chi connectivity index (χ1) is 16.1. The molecule has 4 rings (SSSR count). The highest BCUT2D eigenvalue weighted by Crippen LogP contribution is 2.37. The molecule has 0 radical (unpaired) electrons. The number of ketones is 1. The van der Waals surface area contributed by atoms with Gasteiger partial charge in [0.1, 0.15) is 21.3 Å². The zero-order valence-electron chi connectivity index (χ0n) is 18.8. The van der Waals surface area contributed by atoms with Crippen molar-refractivity contribution in [1.29, 1.82) is 0 Å². The standard InChI is InChI=1S/C25H24FNO5S2/c1-3-15-33(29,30)24-21-14-11-17-7-5-6-8-20(17)27(21)22(25(24)34(31,32)16-4-2)23(28)18-9-12-19(26)13-10-18/h5-14H,3-4,15-16H2,1-2H3. The Balaban J connectivity index is 2.26. The Morgan fingerprint density at radius 2 is 1.35 bits per heavy atom. The number of hydrogen-bond donors (Lipinski definition) is 0. The lowest BCUT2D eigenvalue weighted by molar-refractivity contribution is 0.103. The molecule has 0 saturated heterocycles. The van der Waals surface area contributed by atoms with Crippen LogP contribution >= 0.6 is 0 Å². The molecule has 178 valence electrons. The molecule has 0 bridgehead atoms. The van der Waals surface area contributed by atoms with Crippen LogP contribution in [0.1, 0.15) is 42.7 Å². The third-order valence-electron chi connectivity index (χ3n) is 5.61. The van der Waals surface area contributed by atoms with E-state index < -0.39 is 36.2 Å². The third kappa shape index (κ3) is 4.03. The smallest absolute Gasteiger partial charge is 0.211 e. The Kier molecular flexibility index (Phi) is 6.35. The lowest BCUT2D eigenvalue weighted by Crippen LogP contribution is -2.17. The summed E-state index contributed by atoms with van der Waals surface area (Å²) in [5.41, 5.74) is 0.436. The van der Waals surface area contributed by atoms with Crippen LogP contribution in [0.15, 0.2) is 70.5 Å². The molecule has 0 N–H and O–H groups in total. The topological polar surface area (TPSA) is 89.8 Å². The van der Waals surface area contributed by atoms with Gasteiger partial charge in [0.2, 0.25) is 5.78 Å². The molecule has 0 aliphatic carbocycles. The van der Waals surface area contributed by atoms with Crippen LogP contribution in [0.25, 0.3) is 16.4 Å². The van der Waals surface area contributed by atoms with E-state index in [1.165, 1.54) is 22.6 Å². The van der Waals surface area contributed by atoms with Crippen LogP contribution in [-0.4, -0.2) is 38.5 Å². The molecule has 2 heterocycles. The van der Waals surface area contributed by atoms with Gasteiger partial charge in [0.05, 0.1) is 22.5 Å². The maximum Gasteiger partial charge on any atom is 0.211 e. The number of fused-ring (bicyclic) bond motifs is 3. The summed E-state index contributed by atoms with van der Waals surface area (Å²) < 4.78 is 68.9. The average Bonchev–Trinajstić information content (AvgIpc) is 3.17. The molecule has 4 aromatic rings. The second kappa shape index (κ2) is 8.96. The minimum absolute atomic E-state index is 0.0566. The molecule has 0 amide bonds. The molecule has 0 unspecified atom stereocenters. The summed E-state index contributed by atoms with van der Waals surface area (Å²) in [5.74, 6) is -1.83. The Hall–Kier alpha value is -3.04. The van der Waals surface area contributed by atoms with E-state index in [1.54, 1.807) is 44.2 Å². The summed E-state index contributed by atoms with van der Waals surface area (Å²) in [6.45, 7) is 3.36. The molecule has 6 nitrogen and oxygen atoms in total. The Bertz CT molecular complexity index is 1620. The van der Waals surface area contributed by atoms with Gasteiger partial charge in [-0.15, -0.1) is 0 Å². The van der Waals surface area contributed by atoms with E-state index in [0.717, 1.165) is 12.1 Å². The zero-order valence-corrected chi connectivity index (χ0v) is 20.4. The average molecular weight is 502 g/mol. The molecular formula is C25H24FNO5S2. The minimum Gasteiger partial charge on any atom is -0.304 e. The number of pyridine rings is 1. The van der Waals surface area contributed by atoms with E-state index in [0.29, 0.717) is 10.9 Å². The van der Waals surface area contributed by atoms with Gasteiger partial charge < -0.3 is 4.40 Å². The van der Waals surface area contributed by atoms with Crippen molar-refractivity contribution < 1.29 is 26.0 Å². The van der Waals surface area contributed by atoms with E-state index in [4.69, 9.17) is 0 Å². The maximum absolute atomic E-state index is 13.8. The number of nitrogens with zero attached hydrogens (tertiary/aromatic N) is 1. The van der Waals surface area contributed by atoms with Crippen LogP contribution in [0.3, 0.4) is 0 Å². The molecule has 9 heteroatoms. The number of carbonyl (C=O) groups excluding carboxylic acids is 1. The van der Waals surface area contributed by atoms with Gasteiger partial charge in [-0.2, -0.15) is 0 Å². The van der Waals surface area contributed by atoms with Gasteiger partial charge in [0, 0.05) is 5.56 Å². The molecular weight excluding hydrogens is 477 g/mol. The van der Waals surface area contributed by atoms with E-state index >= 15 is 0 Å². The maximum atomic E-state index is 13.8. The number of hydrogen-bond acceptors (Lipinski definition) is 5. The van der Waals surface area contributed by atoms with Gasteiger partial charge in [-0.1, -0.05) is 38.1 Å². The van der Waals surface area contributed by atoms with Gasteiger partial charge in [-0.3, -0.25) is 4.79 Å². The van der Waals surface area contributed by atoms with Gasteiger partial charge in [-0.25, -0.2) is 21.2 Å². The summed E-state index contributed by atoms with van der Waals surface area (Å²) >= 11 is 0. The van der Waals surface area contributed by atoms with E-state index in [2.05, 4.69) is 0 Å². The fourth-order valence-corrected chi connectivity index (χ4v) is 8.19. The van der Waals surface area contributed by atoms with Crippen molar-refractivity contribution in [2.75, 3.05) is 11.5 Å². The molecule has 34 heavy (non-hydrogen) atoms. The van der Waals surface area contributed by atoms with Gasteiger partial charge in [-0.05, 0) is 54.6 Å². The van der Waals surface area contributed by atoms with Crippen molar-refractivity contribution in [2.45, 2.75) is 36.5 Å². The Labute approximate surface area is 197 Å². The van der Waals surface area contributed by atoms with E-state index in [-0.39, 0.29) is 46.0 Å². The number of aromatic nitrogens is 1. The van der Waals surface area contributed by atoms with Crippen molar-refractivity contribution in [3.8, 4) is 0 Å². The Morgan fingerprint density at radius 1 is 0.765 bits per heavy atom. The molecule has 2 aromatic heterocycles. The monoisotopic (exact) mass is 501 g/mol.